The monoisotopic (exact) mass is 385 g/mol. The minimum atomic E-state index is -0.751. The van der Waals surface area contributed by atoms with Crippen molar-refractivity contribution >= 4 is 0 Å². The molecule has 2 atom stereocenters. The fourth-order valence-electron chi connectivity index (χ4n) is 2.87. The molecule has 1 heterocycles. The van der Waals surface area contributed by atoms with Gasteiger partial charge in [-0.15, -0.1) is 0 Å². The standard InChI is InChI=1S/C21H24FN3O3/c1-25-11-10-23-21(25)20(15-4-3-5-19(12-15)27-2)24-13-17(26)14-28-18-8-6-16(22)7-9-18/h3-12,17,20,24,26H,13-14H2,1-2H3. The summed E-state index contributed by atoms with van der Waals surface area (Å²) in [6, 6.07) is 13.2. The molecule has 7 heteroatoms. The van der Waals surface area contributed by atoms with Gasteiger partial charge >= 0.3 is 0 Å². The summed E-state index contributed by atoms with van der Waals surface area (Å²) in [6.07, 6.45) is 2.86. The number of benzene rings is 2. The predicted octanol–water partition coefficient (Wildman–Crippen LogP) is 2.69. The van der Waals surface area contributed by atoms with Crippen LogP contribution in [0.2, 0.25) is 0 Å². The highest BCUT2D eigenvalue weighted by Gasteiger charge is 2.20. The SMILES string of the molecule is COc1cccc(C(NCC(O)COc2ccc(F)cc2)c2nccn2C)c1. The number of hydrogen-bond donors (Lipinski definition) is 2. The van der Waals surface area contributed by atoms with Crippen LogP contribution in [0.25, 0.3) is 0 Å². The Morgan fingerprint density at radius 3 is 2.64 bits per heavy atom. The van der Waals surface area contributed by atoms with E-state index < -0.39 is 6.10 Å². The molecule has 2 N–H and O–H groups in total. The molecule has 2 unspecified atom stereocenters. The lowest BCUT2D eigenvalue weighted by Gasteiger charge is -2.22. The van der Waals surface area contributed by atoms with Crippen molar-refractivity contribution in [1.82, 2.24) is 14.9 Å². The van der Waals surface area contributed by atoms with Crippen LogP contribution in [0.5, 0.6) is 11.5 Å². The Bertz CT molecular complexity index is 883. The number of aliphatic hydroxyl groups excluding tert-OH is 1. The number of ether oxygens (including phenoxy) is 2. The van der Waals surface area contributed by atoms with Crippen LogP contribution in [0.1, 0.15) is 17.4 Å². The van der Waals surface area contributed by atoms with Crippen LogP contribution in [-0.2, 0) is 7.05 Å². The van der Waals surface area contributed by atoms with Crippen molar-refractivity contribution in [2.75, 3.05) is 20.3 Å². The number of aryl methyl sites for hydroxylation is 1. The summed E-state index contributed by atoms with van der Waals surface area (Å²) in [5, 5.41) is 13.7. The number of aromatic nitrogens is 2. The summed E-state index contributed by atoms with van der Waals surface area (Å²) in [5.74, 6) is 1.75. The van der Waals surface area contributed by atoms with Gasteiger partial charge in [0.15, 0.2) is 0 Å². The van der Waals surface area contributed by atoms with Gasteiger partial charge in [-0.3, -0.25) is 0 Å². The number of halogens is 1. The molecule has 1 aromatic heterocycles. The smallest absolute Gasteiger partial charge is 0.130 e. The number of aliphatic hydroxyl groups is 1. The largest absolute Gasteiger partial charge is 0.497 e. The van der Waals surface area contributed by atoms with Gasteiger partial charge in [-0.25, -0.2) is 9.37 Å². The molecule has 2 aromatic carbocycles. The zero-order valence-electron chi connectivity index (χ0n) is 15.9. The average Bonchev–Trinajstić information content (AvgIpc) is 3.13. The maximum Gasteiger partial charge on any atom is 0.130 e. The number of nitrogens with one attached hydrogen (secondary N) is 1. The van der Waals surface area contributed by atoms with E-state index in [4.69, 9.17) is 9.47 Å². The van der Waals surface area contributed by atoms with E-state index in [9.17, 15) is 9.50 Å². The van der Waals surface area contributed by atoms with Gasteiger partial charge in [0.25, 0.3) is 0 Å². The first kappa shape index (κ1) is 19.9. The van der Waals surface area contributed by atoms with Crippen LogP contribution >= 0.6 is 0 Å². The van der Waals surface area contributed by atoms with Gasteiger partial charge in [-0.1, -0.05) is 12.1 Å². The van der Waals surface area contributed by atoms with E-state index in [0.29, 0.717) is 5.75 Å². The normalized spacial score (nSPS) is 13.1. The molecule has 0 fully saturated rings. The second-order valence-electron chi connectivity index (χ2n) is 6.43. The minimum absolute atomic E-state index is 0.0873. The lowest BCUT2D eigenvalue weighted by Crippen LogP contribution is -2.35. The van der Waals surface area contributed by atoms with E-state index in [2.05, 4.69) is 10.3 Å². The molecule has 3 rings (SSSR count). The van der Waals surface area contributed by atoms with E-state index in [1.165, 1.54) is 24.3 Å². The van der Waals surface area contributed by atoms with E-state index in [1.807, 2.05) is 42.1 Å². The minimum Gasteiger partial charge on any atom is -0.497 e. The Kier molecular flexibility index (Phi) is 6.62. The van der Waals surface area contributed by atoms with Crippen LogP contribution < -0.4 is 14.8 Å². The Balaban J connectivity index is 1.66. The first-order chi connectivity index (χ1) is 13.6. The number of rotatable bonds is 9. The molecule has 0 saturated heterocycles. The fraction of sp³-hybridized carbons (Fsp3) is 0.286. The van der Waals surface area contributed by atoms with E-state index in [1.54, 1.807) is 13.3 Å². The van der Waals surface area contributed by atoms with Gasteiger partial charge in [0.2, 0.25) is 0 Å². The second kappa shape index (κ2) is 9.34. The molecule has 6 nitrogen and oxygen atoms in total. The van der Waals surface area contributed by atoms with E-state index in [-0.39, 0.29) is 25.0 Å². The van der Waals surface area contributed by atoms with Crippen molar-refractivity contribution < 1.29 is 19.0 Å². The Labute approximate surface area is 163 Å². The summed E-state index contributed by atoms with van der Waals surface area (Å²) in [7, 11) is 3.55. The molecular formula is C21H24FN3O3. The summed E-state index contributed by atoms with van der Waals surface area (Å²) in [4.78, 5) is 4.44. The molecular weight excluding hydrogens is 361 g/mol. The van der Waals surface area contributed by atoms with Gasteiger partial charge < -0.3 is 24.5 Å². The van der Waals surface area contributed by atoms with Gasteiger partial charge in [-0.05, 0) is 42.0 Å². The Morgan fingerprint density at radius 1 is 1.18 bits per heavy atom. The first-order valence-corrected chi connectivity index (χ1v) is 8.98. The summed E-state index contributed by atoms with van der Waals surface area (Å²) < 4.78 is 25.7. The number of nitrogens with zero attached hydrogens (tertiary/aromatic N) is 2. The van der Waals surface area contributed by atoms with Crippen molar-refractivity contribution in [1.29, 1.82) is 0 Å². The molecule has 0 saturated carbocycles. The summed E-state index contributed by atoms with van der Waals surface area (Å²) in [5.41, 5.74) is 0.973. The second-order valence-corrected chi connectivity index (χ2v) is 6.43. The van der Waals surface area contributed by atoms with Crippen LogP contribution in [0.4, 0.5) is 4.39 Å². The zero-order chi connectivity index (χ0) is 19.9. The maximum atomic E-state index is 12.9. The third-order valence-corrected chi connectivity index (χ3v) is 4.36. The number of methoxy groups -OCH3 is 1. The predicted molar refractivity (Wildman–Crippen MR) is 104 cm³/mol. The van der Waals surface area contributed by atoms with Crippen molar-refractivity contribution in [2.45, 2.75) is 12.1 Å². The maximum absolute atomic E-state index is 12.9. The van der Waals surface area contributed by atoms with E-state index >= 15 is 0 Å². The highest BCUT2D eigenvalue weighted by atomic mass is 19.1. The zero-order valence-corrected chi connectivity index (χ0v) is 15.9. The molecule has 148 valence electrons. The first-order valence-electron chi connectivity index (χ1n) is 8.98. The molecule has 0 amide bonds. The topological polar surface area (TPSA) is 68.5 Å². The lowest BCUT2D eigenvalue weighted by atomic mass is 10.1. The molecule has 0 aliphatic rings. The van der Waals surface area contributed by atoms with Gasteiger partial charge in [0.05, 0.1) is 13.2 Å². The van der Waals surface area contributed by atoms with Gasteiger partial charge in [-0.2, -0.15) is 0 Å². The van der Waals surface area contributed by atoms with Gasteiger partial charge in [0, 0.05) is 26.0 Å². The number of imidazole rings is 1. The van der Waals surface area contributed by atoms with Crippen molar-refractivity contribution in [3.63, 3.8) is 0 Å². The number of hydrogen-bond acceptors (Lipinski definition) is 5. The van der Waals surface area contributed by atoms with Crippen LogP contribution in [-0.4, -0.2) is 41.0 Å². The third kappa shape index (κ3) is 5.09. The third-order valence-electron chi connectivity index (χ3n) is 4.36. The molecule has 3 aromatic rings. The van der Waals surface area contributed by atoms with Gasteiger partial charge in [0.1, 0.15) is 35.9 Å². The van der Waals surface area contributed by atoms with Crippen LogP contribution in [0.3, 0.4) is 0 Å². The highest BCUT2D eigenvalue weighted by Crippen LogP contribution is 2.24. The average molecular weight is 385 g/mol. The molecule has 0 aliphatic heterocycles. The Hall–Kier alpha value is -2.90. The lowest BCUT2D eigenvalue weighted by molar-refractivity contribution is 0.104. The van der Waals surface area contributed by atoms with E-state index in [0.717, 1.165) is 17.1 Å². The van der Waals surface area contributed by atoms with Crippen molar-refractivity contribution in [3.8, 4) is 11.5 Å². The molecule has 0 spiro atoms. The quantitative estimate of drug-likeness (QED) is 0.593. The summed E-state index contributed by atoms with van der Waals surface area (Å²) in [6.45, 7) is 0.375. The summed E-state index contributed by atoms with van der Waals surface area (Å²) >= 11 is 0. The molecule has 0 bridgehead atoms. The fourth-order valence-corrected chi connectivity index (χ4v) is 2.87. The van der Waals surface area contributed by atoms with Crippen LogP contribution in [0.15, 0.2) is 60.9 Å². The van der Waals surface area contributed by atoms with Crippen LogP contribution in [0, 0.1) is 5.82 Å². The molecule has 0 aliphatic carbocycles. The highest BCUT2D eigenvalue weighted by molar-refractivity contribution is 5.33. The molecule has 28 heavy (non-hydrogen) atoms. The Morgan fingerprint density at radius 2 is 1.96 bits per heavy atom. The van der Waals surface area contributed by atoms with Crippen molar-refractivity contribution in [2.24, 2.45) is 7.05 Å². The molecule has 0 radical (unpaired) electrons. The van der Waals surface area contributed by atoms with Crippen molar-refractivity contribution in [3.05, 3.63) is 78.1 Å².